The molecular weight excluding hydrogens is 166 g/mol. The summed E-state index contributed by atoms with van der Waals surface area (Å²) in [5.74, 6) is 0.686. The summed E-state index contributed by atoms with van der Waals surface area (Å²) >= 11 is 0. The van der Waals surface area contributed by atoms with Crippen molar-refractivity contribution in [2.45, 2.75) is 25.8 Å². The highest BCUT2D eigenvalue weighted by Gasteiger charge is 2.23. The summed E-state index contributed by atoms with van der Waals surface area (Å²) in [7, 11) is 2.02. The van der Waals surface area contributed by atoms with Crippen molar-refractivity contribution in [2.75, 3.05) is 33.5 Å². The standard InChI is InChI=1S/C10H21NO2/c1-3-12-7-5-10(11-2)9-4-6-13-8-9/h9-11H,3-8H2,1-2H3. The van der Waals surface area contributed by atoms with Crippen LogP contribution in [0.2, 0.25) is 0 Å². The second-order valence-electron chi connectivity index (χ2n) is 3.50. The Balaban J connectivity index is 2.16. The molecule has 0 aliphatic carbocycles. The lowest BCUT2D eigenvalue weighted by Gasteiger charge is -2.21. The molecule has 0 spiro atoms. The molecule has 1 aliphatic rings. The predicted molar refractivity (Wildman–Crippen MR) is 52.9 cm³/mol. The number of ether oxygens (including phenoxy) is 2. The Bertz CT molecular complexity index is 124. The molecule has 0 saturated carbocycles. The molecule has 0 aromatic heterocycles. The maximum atomic E-state index is 5.37. The van der Waals surface area contributed by atoms with Crippen LogP contribution in [0, 0.1) is 5.92 Å². The second kappa shape index (κ2) is 6.35. The lowest BCUT2D eigenvalue weighted by molar-refractivity contribution is 0.124. The Kier molecular flexibility index (Phi) is 5.35. The predicted octanol–water partition coefficient (Wildman–Crippen LogP) is 1.04. The van der Waals surface area contributed by atoms with E-state index >= 15 is 0 Å². The van der Waals surface area contributed by atoms with E-state index in [1.54, 1.807) is 0 Å². The van der Waals surface area contributed by atoms with Gasteiger partial charge in [-0.2, -0.15) is 0 Å². The topological polar surface area (TPSA) is 30.5 Å². The molecule has 2 atom stereocenters. The lowest BCUT2D eigenvalue weighted by atomic mass is 9.97. The first-order chi connectivity index (χ1) is 6.38. The summed E-state index contributed by atoms with van der Waals surface area (Å²) in [6.07, 6.45) is 2.29. The van der Waals surface area contributed by atoms with Crippen LogP contribution in [0.1, 0.15) is 19.8 Å². The first kappa shape index (κ1) is 11.0. The zero-order chi connectivity index (χ0) is 9.52. The van der Waals surface area contributed by atoms with Crippen LogP contribution < -0.4 is 5.32 Å². The number of rotatable bonds is 6. The van der Waals surface area contributed by atoms with E-state index < -0.39 is 0 Å². The van der Waals surface area contributed by atoms with Crippen LogP contribution in [0.3, 0.4) is 0 Å². The van der Waals surface area contributed by atoms with E-state index in [0.29, 0.717) is 12.0 Å². The maximum Gasteiger partial charge on any atom is 0.0510 e. The average Bonchev–Trinajstić information content (AvgIpc) is 2.65. The summed E-state index contributed by atoms with van der Waals surface area (Å²) in [6, 6.07) is 0.564. The van der Waals surface area contributed by atoms with E-state index in [0.717, 1.165) is 32.8 Å². The van der Waals surface area contributed by atoms with Crippen LogP contribution in [-0.4, -0.2) is 39.5 Å². The van der Waals surface area contributed by atoms with Crippen LogP contribution in [0.5, 0.6) is 0 Å². The molecule has 0 radical (unpaired) electrons. The largest absolute Gasteiger partial charge is 0.382 e. The van der Waals surface area contributed by atoms with E-state index in [-0.39, 0.29) is 0 Å². The first-order valence-electron chi connectivity index (χ1n) is 5.21. The van der Waals surface area contributed by atoms with Crippen LogP contribution in [0.25, 0.3) is 0 Å². The van der Waals surface area contributed by atoms with E-state index in [9.17, 15) is 0 Å². The second-order valence-corrected chi connectivity index (χ2v) is 3.50. The van der Waals surface area contributed by atoms with Gasteiger partial charge in [-0.1, -0.05) is 0 Å². The van der Waals surface area contributed by atoms with Gasteiger partial charge in [0.05, 0.1) is 6.61 Å². The quantitative estimate of drug-likeness (QED) is 0.630. The lowest BCUT2D eigenvalue weighted by Crippen LogP contribution is -2.35. The number of nitrogens with one attached hydrogen (secondary N) is 1. The van der Waals surface area contributed by atoms with Crippen molar-refractivity contribution in [3.8, 4) is 0 Å². The Morgan fingerprint density at radius 2 is 2.46 bits per heavy atom. The van der Waals surface area contributed by atoms with Crippen molar-refractivity contribution in [2.24, 2.45) is 5.92 Å². The normalized spacial score (nSPS) is 24.9. The maximum absolute atomic E-state index is 5.37. The molecule has 3 nitrogen and oxygen atoms in total. The van der Waals surface area contributed by atoms with Gasteiger partial charge in [-0.15, -0.1) is 0 Å². The minimum atomic E-state index is 0.564. The Hall–Kier alpha value is -0.120. The summed E-state index contributed by atoms with van der Waals surface area (Å²) < 4.78 is 10.7. The van der Waals surface area contributed by atoms with Gasteiger partial charge in [0.1, 0.15) is 0 Å². The zero-order valence-corrected chi connectivity index (χ0v) is 8.71. The van der Waals surface area contributed by atoms with Gasteiger partial charge in [-0.25, -0.2) is 0 Å². The van der Waals surface area contributed by atoms with Gasteiger partial charge < -0.3 is 14.8 Å². The molecule has 0 bridgehead atoms. The van der Waals surface area contributed by atoms with Gasteiger partial charge in [0.15, 0.2) is 0 Å². The fourth-order valence-electron chi connectivity index (χ4n) is 1.84. The number of hydrogen-bond acceptors (Lipinski definition) is 3. The Labute approximate surface area is 80.8 Å². The van der Waals surface area contributed by atoms with Gasteiger partial charge in [-0.05, 0) is 32.7 Å². The van der Waals surface area contributed by atoms with Crippen LogP contribution >= 0.6 is 0 Å². The summed E-state index contributed by atoms with van der Waals surface area (Å²) in [4.78, 5) is 0. The van der Waals surface area contributed by atoms with E-state index in [4.69, 9.17) is 9.47 Å². The summed E-state index contributed by atoms with van der Waals surface area (Å²) in [5.41, 5.74) is 0. The molecule has 1 N–H and O–H groups in total. The summed E-state index contributed by atoms with van der Waals surface area (Å²) in [6.45, 7) is 5.55. The van der Waals surface area contributed by atoms with Gasteiger partial charge in [-0.3, -0.25) is 0 Å². The molecule has 2 unspecified atom stereocenters. The van der Waals surface area contributed by atoms with Crippen molar-refractivity contribution in [1.82, 2.24) is 5.32 Å². The molecule has 1 fully saturated rings. The highest BCUT2D eigenvalue weighted by molar-refractivity contribution is 4.77. The van der Waals surface area contributed by atoms with Gasteiger partial charge >= 0.3 is 0 Å². The fraction of sp³-hybridized carbons (Fsp3) is 1.00. The smallest absolute Gasteiger partial charge is 0.0510 e. The highest BCUT2D eigenvalue weighted by Crippen LogP contribution is 2.18. The van der Waals surface area contributed by atoms with Crippen LogP contribution in [-0.2, 0) is 9.47 Å². The minimum Gasteiger partial charge on any atom is -0.382 e. The molecule has 1 aliphatic heterocycles. The minimum absolute atomic E-state index is 0.564. The van der Waals surface area contributed by atoms with E-state index in [1.165, 1.54) is 6.42 Å². The molecule has 78 valence electrons. The van der Waals surface area contributed by atoms with Gasteiger partial charge in [0, 0.05) is 25.9 Å². The Morgan fingerprint density at radius 3 is 3.00 bits per heavy atom. The molecule has 0 amide bonds. The highest BCUT2D eigenvalue weighted by atomic mass is 16.5. The zero-order valence-electron chi connectivity index (χ0n) is 8.71. The van der Waals surface area contributed by atoms with Crippen molar-refractivity contribution in [3.05, 3.63) is 0 Å². The molecular formula is C10H21NO2. The monoisotopic (exact) mass is 187 g/mol. The van der Waals surface area contributed by atoms with Crippen molar-refractivity contribution in [3.63, 3.8) is 0 Å². The Morgan fingerprint density at radius 1 is 1.62 bits per heavy atom. The summed E-state index contributed by atoms with van der Waals surface area (Å²) in [5, 5.41) is 3.34. The van der Waals surface area contributed by atoms with Gasteiger partial charge in [0.2, 0.25) is 0 Å². The third-order valence-electron chi connectivity index (χ3n) is 2.68. The SMILES string of the molecule is CCOCCC(NC)C1CCOC1. The van der Waals surface area contributed by atoms with Crippen molar-refractivity contribution in [1.29, 1.82) is 0 Å². The molecule has 3 heteroatoms. The molecule has 0 aromatic rings. The average molecular weight is 187 g/mol. The van der Waals surface area contributed by atoms with E-state index in [2.05, 4.69) is 5.32 Å². The molecule has 13 heavy (non-hydrogen) atoms. The fourth-order valence-corrected chi connectivity index (χ4v) is 1.84. The third kappa shape index (κ3) is 3.63. The third-order valence-corrected chi connectivity index (χ3v) is 2.68. The molecule has 1 saturated heterocycles. The first-order valence-corrected chi connectivity index (χ1v) is 5.21. The molecule has 0 aromatic carbocycles. The van der Waals surface area contributed by atoms with Crippen molar-refractivity contribution < 1.29 is 9.47 Å². The van der Waals surface area contributed by atoms with Crippen LogP contribution in [0.15, 0.2) is 0 Å². The van der Waals surface area contributed by atoms with E-state index in [1.807, 2.05) is 14.0 Å². The number of hydrogen-bond donors (Lipinski definition) is 1. The molecule has 1 heterocycles. The molecule has 1 rings (SSSR count). The van der Waals surface area contributed by atoms with Crippen LogP contribution in [0.4, 0.5) is 0 Å². The van der Waals surface area contributed by atoms with Crippen molar-refractivity contribution >= 4 is 0 Å². The van der Waals surface area contributed by atoms with Gasteiger partial charge in [0.25, 0.3) is 0 Å².